The molecular formula is C16H22ClN3S. The minimum atomic E-state index is 0.0585. The van der Waals surface area contributed by atoms with Gasteiger partial charge in [0.25, 0.3) is 0 Å². The van der Waals surface area contributed by atoms with Crippen molar-refractivity contribution >= 4 is 28.8 Å². The van der Waals surface area contributed by atoms with Crippen LogP contribution in [0.3, 0.4) is 0 Å². The maximum Gasteiger partial charge on any atom is 0.137 e. The van der Waals surface area contributed by atoms with Crippen molar-refractivity contribution in [1.29, 1.82) is 0 Å². The third-order valence-corrected chi connectivity index (χ3v) is 5.10. The Hall–Kier alpha value is -1.13. The summed E-state index contributed by atoms with van der Waals surface area (Å²) in [6.45, 7) is 9.35. The van der Waals surface area contributed by atoms with Crippen molar-refractivity contribution in [2.75, 3.05) is 11.9 Å². The Balaban J connectivity index is 2.16. The molecule has 0 aliphatic heterocycles. The van der Waals surface area contributed by atoms with E-state index in [1.165, 1.54) is 4.88 Å². The number of hydrogen-bond acceptors (Lipinski definition) is 4. The molecule has 2 aromatic heterocycles. The Kier molecular flexibility index (Phi) is 5.22. The molecule has 5 heteroatoms. The zero-order chi connectivity index (χ0) is 15.5. The molecule has 2 heterocycles. The minimum absolute atomic E-state index is 0.0585. The number of thiophene rings is 1. The van der Waals surface area contributed by atoms with Gasteiger partial charge in [0.2, 0.25) is 0 Å². The van der Waals surface area contributed by atoms with Gasteiger partial charge in [0.1, 0.15) is 16.8 Å². The molecule has 2 rings (SSSR count). The summed E-state index contributed by atoms with van der Waals surface area (Å²) in [6, 6.07) is 4.27. The molecule has 0 bridgehead atoms. The van der Waals surface area contributed by atoms with Gasteiger partial charge in [-0.1, -0.05) is 38.4 Å². The lowest BCUT2D eigenvalue weighted by molar-refractivity contribution is 0.567. The summed E-state index contributed by atoms with van der Waals surface area (Å²) >= 11 is 8.00. The Morgan fingerprint density at radius 1 is 1.33 bits per heavy atom. The van der Waals surface area contributed by atoms with Crippen LogP contribution in [-0.4, -0.2) is 16.5 Å². The van der Waals surface area contributed by atoms with Crippen molar-refractivity contribution in [3.8, 4) is 0 Å². The number of anilines is 1. The predicted octanol–water partition coefficient (Wildman–Crippen LogP) is 4.84. The molecule has 1 N–H and O–H groups in total. The van der Waals surface area contributed by atoms with Gasteiger partial charge < -0.3 is 5.32 Å². The molecule has 21 heavy (non-hydrogen) atoms. The Morgan fingerprint density at radius 3 is 2.71 bits per heavy atom. The molecule has 114 valence electrons. The SMILES string of the molecule is CCCc1nc(Cl)c(C)c(NCC(C)(C)c2cccs2)n1. The maximum atomic E-state index is 6.22. The average Bonchev–Trinajstić information content (AvgIpc) is 2.96. The summed E-state index contributed by atoms with van der Waals surface area (Å²) in [5.41, 5.74) is 0.974. The van der Waals surface area contributed by atoms with Crippen molar-refractivity contribution in [3.63, 3.8) is 0 Å². The smallest absolute Gasteiger partial charge is 0.137 e. The van der Waals surface area contributed by atoms with Crippen molar-refractivity contribution in [2.45, 2.75) is 46.0 Å². The molecule has 0 saturated heterocycles. The lowest BCUT2D eigenvalue weighted by atomic mass is 9.91. The van der Waals surface area contributed by atoms with Gasteiger partial charge in [0.05, 0.1) is 0 Å². The van der Waals surface area contributed by atoms with E-state index in [4.69, 9.17) is 11.6 Å². The van der Waals surface area contributed by atoms with Crippen molar-refractivity contribution in [1.82, 2.24) is 9.97 Å². The van der Waals surface area contributed by atoms with Crippen molar-refractivity contribution in [2.24, 2.45) is 0 Å². The minimum Gasteiger partial charge on any atom is -0.369 e. The monoisotopic (exact) mass is 323 g/mol. The first-order chi connectivity index (χ1) is 9.94. The number of hydrogen-bond donors (Lipinski definition) is 1. The number of halogens is 1. The third-order valence-electron chi connectivity index (χ3n) is 3.49. The van der Waals surface area contributed by atoms with E-state index in [9.17, 15) is 0 Å². The van der Waals surface area contributed by atoms with Crippen molar-refractivity contribution < 1.29 is 0 Å². The highest BCUT2D eigenvalue weighted by Crippen LogP contribution is 2.28. The molecule has 0 aliphatic rings. The van der Waals surface area contributed by atoms with Gasteiger partial charge in [0, 0.05) is 28.8 Å². The first-order valence-electron chi connectivity index (χ1n) is 7.25. The second kappa shape index (κ2) is 6.75. The van der Waals surface area contributed by atoms with Crippen LogP contribution < -0.4 is 5.32 Å². The van der Waals surface area contributed by atoms with Gasteiger partial charge in [-0.15, -0.1) is 11.3 Å². The molecule has 0 saturated carbocycles. The highest BCUT2D eigenvalue weighted by molar-refractivity contribution is 7.10. The van der Waals surface area contributed by atoms with E-state index in [0.717, 1.165) is 36.6 Å². The lowest BCUT2D eigenvalue weighted by Crippen LogP contribution is -2.27. The predicted molar refractivity (Wildman–Crippen MR) is 91.6 cm³/mol. The molecule has 2 aromatic rings. The molecule has 0 unspecified atom stereocenters. The van der Waals surface area contributed by atoms with Gasteiger partial charge in [-0.25, -0.2) is 9.97 Å². The maximum absolute atomic E-state index is 6.22. The standard InChI is InChI=1S/C16H22ClN3S/c1-5-7-13-19-14(17)11(2)15(20-13)18-10-16(3,4)12-8-6-9-21-12/h6,8-9H,5,7,10H2,1-4H3,(H,18,19,20). The number of nitrogens with zero attached hydrogens (tertiary/aromatic N) is 2. The second-order valence-corrected chi connectivity index (χ2v) is 7.17. The van der Waals surface area contributed by atoms with Gasteiger partial charge in [0.15, 0.2) is 0 Å². The Morgan fingerprint density at radius 2 is 2.10 bits per heavy atom. The molecule has 0 spiro atoms. The van der Waals surface area contributed by atoms with E-state index >= 15 is 0 Å². The molecular weight excluding hydrogens is 302 g/mol. The van der Waals surface area contributed by atoms with Gasteiger partial charge in [-0.05, 0) is 24.8 Å². The van der Waals surface area contributed by atoms with Crippen LogP contribution in [0.5, 0.6) is 0 Å². The van der Waals surface area contributed by atoms with E-state index in [1.54, 1.807) is 11.3 Å². The zero-order valence-electron chi connectivity index (χ0n) is 13.0. The zero-order valence-corrected chi connectivity index (χ0v) is 14.6. The molecule has 0 atom stereocenters. The largest absolute Gasteiger partial charge is 0.369 e. The van der Waals surface area contributed by atoms with Crippen LogP contribution >= 0.6 is 22.9 Å². The summed E-state index contributed by atoms with van der Waals surface area (Å²) in [5, 5.41) is 6.11. The van der Waals surface area contributed by atoms with Crippen LogP contribution in [0, 0.1) is 6.92 Å². The van der Waals surface area contributed by atoms with E-state index in [1.807, 2.05) is 6.92 Å². The summed E-state index contributed by atoms with van der Waals surface area (Å²) in [6.07, 6.45) is 1.86. The average molecular weight is 324 g/mol. The lowest BCUT2D eigenvalue weighted by Gasteiger charge is -2.24. The Labute approximate surface area is 135 Å². The molecule has 0 aromatic carbocycles. The van der Waals surface area contributed by atoms with E-state index in [0.29, 0.717) is 5.15 Å². The van der Waals surface area contributed by atoms with Gasteiger partial charge in [-0.3, -0.25) is 0 Å². The topological polar surface area (TPSA) is 37.8 Å². The highest BCUT2D eigenvalue weighted by atomic mass is 35.5. The first-order valence-corrected chi connectivity index (χ1v) is 8.50. The van der Waals surface area contributed by atoms with Crippen LogP contribution in [0.1, 0.15) is 43.5 Å². The Bertz CT molecular complexity index is 594. The third kappa shape index (κ3) is 3.95. The highest BCUT2D eigenvalue weighted by Gasteiger charge is 2.22. The number of nitrogens with one attached hydrogen (secondary N) is 1. The van der Waals surface area contributed by atoms with E-state index in [2.05, 4.69) is 53.6 Å². The normalized spacial score (nSPS) is 11.7. The summed E-state index contributed by atoms with van der Waals surface area (Å²) < 4.78 is 0. The van der Waals surface area contributed by atoms with Crippen LogP contribution in [0.2, 0.25) is 5.15 Å². The van der Waals surface area contributed by atoms with Crippen LogP contribution in [-0.2, 0) is 11.8 Å². The fourth-order valence-corrected chi connectivity index (χ4v) is 3.13. The molecule has 0 amide bonds. The molecule has 0 aliphatic carbocycles. The van der Waals surface area contributed by atoms with Crippen LogP contribution in [0.4, 0.5) is 5.82 Å². The number of aromatic nitrogens is 2. The summed E-state index contributed by atoms with van der Waals surface area (Å²) in [7, 11) is 0. The van der Waals surface area contributed by atoms with Gasteiger partial charge in [-0.2, -0.15) is 0 Å². The fourth-order valence-electron chi connectivity index (χ4n) is 2.10. The number of aryl methyl sites for hydroxylation is 1. The molecule has 0 fully saturated rings. The second-order valence-electron chi connectivity index (χ2n) is 5.87. The van der Waals surface area contributed by atoms with Crippen LogP contribution in [0.25, 0.3) is 0 Å². The van der Waals surface area contributed by atoms with Crippen molar-refractivity contribution in [3.05, 3.63) is 38.9 Å². The van der Waals surface area contributed by atoms with Gasteiger partial charge >= 0.3 is 0 Å². The summed E-state index contributed by atoms with van der Waals surface area (Å²) in [4.78, 5) is 10.3. The molecule has 0 radical (unpaired) electrons. The van der Waals surface area contributed by atoms with E-state index in [-0.39, 0.29) is 5.41 Å². The van der Waals surface area contributed by atoms with E-state index < -0.39 is 0 Å². The summed E-state index contributed by atoms with van der Waals surface area (Å²) in [5.74, 6) is 1.66. The quantitative estimate of drug-likeness (QED) is 0.773. The molecule has 3 nitrogen and oxygen atoms in total. The first kappa shape index (κ1) is 16.2. The fraction of sp³-hybridized carbons (Fsp3) is 0.500. The number of rotatable bonds is 6. The van der Waals surface area contributed by atoms with Crippen LogP contribution in [0.15, 0.2) is 17.5 Å².